The van der Waals surface area contributed by atoms with Crippen molar-refractivity contribution in [2.75, 3.05) is 7.11 Å². The zero-order valence-corrected chi connectivity index (χ0v) is 9.58. The molecule has 0 aromatic carbocycles. The van der Waals surface area contributed by atoms with Crippen molar-refractivity contribution >= 4 is 21.9 Å². The van der Waals surface area contributed by atoms with Gasteiger partial charge < -0.3 is 9.30 Å². The van der Waals surface area contributed by atoms with Crippen LogP contribution in [-0.2, 0) is 11.3 Å². The van der Waals surface area contributed by atoms with E-state index in [4.69, 9.17) is 6.42 Å². The highest BCUT2D eigenvalue weighted by Crippen LogP contribution is 2.08. The second-order valence-electron chi connectivity index (χ2n) is 2.71. The maximum absolute atomic E-state index is 11.5. The molecule has 0 aliphatic rings. The highest BCUT2D eigenvalue weighted by molar-refractivity contribution is 9.10. The number of methoxy groups -OCH3 is 1. The SMILES string of the molecule is C#CCn1cc(C(=O)OC)cc(Br)c1=O. The Labute approximate surface area is 95.0 Å². The van der Waals surface area contributed by atoms with E-state index in [1.807, 2.05) is 0 Å². The first kappa shape index (κ1) is 11.5. The molecule has 0 unspecified atom stereocenters. The number of halogens is 1. The van der Waals surface area contributed by atoms with Crippen molar-refractivity contribution in [2.24, 2.45) is 0 Å². The van der Waals surface area contributed by atoms with Crippen LogP contribution in [0.1, 0.15) is 10.4 Å². The molecule has 0 saturated heterocycles. The highest BCUT2D eigenvalue weighted by atomic mass is 79.9. The third kappa shape index (κ3) is 2.48. The fourth-order valence-corrected chi connectivity index (χ4v) is 1.52. The summed E-state index contributed by atoms with van der Waals surface area (Å²) < 4.78 is 6.08. The maximum Gasteiger partial charge on any atom is 0.339 e. The van der Waals surface area contributed by atoms with Gasteiger partial charge in [0.05, 0.1) is 23.7 Å². The number of hydrogen-bond donors (Lipinski definition) is 0. The lowest BCUT2D eigenvalue weighted by molar-refractivity contribution is 0.0599. The van der Waals surface area contributed by atoms with E-state index in [1.165, 1.54) is 23.9 Å². The Kier molecular flexibility index (Phi) is 3.69. The van der Waals surface area contributed by atoms with E-state index < -0.39 is 5.97 Å². The summed E-state index contributed by atoms with van der Waals surface area (Å²) in [5.74, 6) is 1.81. The van der Waals surface area contributed by atoms with E-state index in [-0.39, 0.29) is 22.1 Å². The smallest absolute Gasteiger partial charge is 0.339 e. The second-order valence-corrected chi connectivity index (χ2v) is 3.56. The molecule has 0 atom stereocenters. The molecule has 15 heavy (non-hydrogen) atoms. The summed E-state index contributed by atoms with van der Waals surface area (Å²) >= 11 is 3.05. The molecule has 0 radical (unpaired) electrons. The number of aromatic nitrogens is 1. The van der Waals surface area contributed by atoms with Crippen LogP contribution in [-0.4, -0.2) is 17.6 Å². The number of ether oxygens (including phenoxy) is 1. The molecule has 0 spiro atoms. The number of carbonyl (C=O) groups is 1. The standard InChI is InChI=1S/C10H8BrNO3/c1-3-4-12-6-7(10(14)15-2)5-8(11)9(12)13/h1,5-6H,4H2,2H3. The molecule has 1 heterocycles. The van der Waals surface area contributed by atoms with Crippen molar-refractivity contribution in [3.63, 3.8) is 0 Å². The van der Waals surface area contributed by atoms with Gasteiger partial charge in [0, 0.05) is 6.20 Å². The monoisotopic (exact) mass is 269 g/mol. The molecule has 0 bridgehead atoms. The first-order valence-corrected chi connectivity index (χ1v) is 4.81. The first-order valence-electron chi connectivity index (χ1n) is 4.02. The van der Waals surface area contributed by atoms with Gasteiger partial charge in [-0.15, -0.1) is 6.42 Å². The van der Waals surface area contributed by atoms with Crippen LogP contribution in [0.4, 0.5) is 0 Å². The molecule has 0 amide bonds. The van der Waals surface area contributed by atoms with Gasteiger partial charge in [-0.25, -0.2) is 4.79 Å². The minimum absolute atomic E-state index is 0.113. The average Bonchev–Trinajstić information content (AvgIpc) is 2.23. The third-order valence-corrected chi connectivity index (χ3v) is 2.29. The zero-order valence-electron chi connectivity index (χ0n) is 7.99. The topological polar surface area (TPSA) is 48.3 Å². The Bertz CT molecular complexity index is 484. The summed E-state index contributed by atoms with van der Waals surface area (Å²) in [6.45, 7) is 0.113. The van der Waals surface area contributed by atoms with Crippen LogP contribution in [0.25, 0.3) is 0 Å². The first-order chi connectivity index (χ1) is 7.10. The molecule has 0 saturated carbocycles. The Balaban J connectivity index is 3.30. The van der Waals surface area contributed by atoms with Gasteiger partial charge in [-0.3, -0.25) is 4.79 Å². The zero-order chi connectivity index (χ0) is 11.4. The summed E-state index contributed by atoms with van der Waals surface area (Å²) in [7, 11) is 1.27. The lowest BCUT2D eigenvalue weighted by Crippen LogP contribution is -2.21. The van der Waals surface area contributed by atoms with Crippen LogP contribution < -0.4 is 5.56 Å². The van der Waals surface area contributed by atoms with Gasteiger partial charge in [-0.2, -0.15) is 0 Å². The lowest BCUT2D eigenvalue weighted by atomic mass is 10.3. The summed E-state index contributed by atoms with van der Waals surface area (Å²) in [6, 6.07) is 1.40. The molecule has 0 aliphatic heterocycles. The fourth-order valence-electron chi connectivity index (χ4n) is 1.04. The van der Waals surface area contributed by atoms with E-state index >= 15 is 0 Å². The van der Waals surface area contributed by atoms with Crippen LogP contribution in [0.2, 0.25) is 0 Å². The van der Waals surface area contributed by atoms with Gasteiger partial charge in [-0.05, 0) is 22.0 Å². The van der Waals surface area contributed by atoms with Crippen LogP contribution >= 0.6 is 15.9 Å². The van der Waals surface area contributed by atoms with Crippen LogP contribution in [0, 0.1) is 12.3 Å². The number of esters is 1. The van der Waals surface area contributed by atoms with Gasteiger partial charge in [0.25, 0.3) is 5.56 Å². The Hall–Kier alpha value is -1.54. The Morgan fingerprint density at radius 2 is 2.40 bits per heavy atom. The van der Waals surface area contributed by atoms with Gasteiger partial charge in [0.2, 0.25) is 0 Å². The van der Waals surface area contributed by atoms with Crippen molar-refractivity contribution in [1.82, 2.24) is 4.57 Å². The molecule has 0 aliphatic carbocycles. The van der Waals surface area contributed by atoms with Gasteiger partial charge in [-0.1, -0.05) is 5.92 Å². The second kappa shape index (κ2) is 4.80. The largest absolute Gasteiger partial charge is 0.465 e. The fraction of sp³-hybridized carbons (Fsp3) is 0.200. The van der Waals surface area contributed by atoms with Gasteiger partial charge >= 0.3 is 5.97 Å². The average molecular weight is 270 g/mol. The summed E-state index contributed by atoms with van der Waals surface area (Å²) in [5, 5.41) is 0. The number of hydrogen-bond acceptors (Lipinski definition) is 3. The molecule has 78 valence electrons. The van der Waals surface area contributed by atoms with E-state index in [9.17, 15) is 9.59 Å². The van der Waals surface area contributed by atoms with Crippen molar-refractivity contribution in [2.45, 2.75) is 6.54 Å². The third-order valence-electron chi connectivity index (χ3n) is 1.73. The normalized spacial score (nSPS) is 9.40. The van der Waals surface area contributed by atoms with E-state index in [1.54, 1.807) is 0 Å². The quantitative estimate of drug-likeness (QED) is 0.595. The van der Waals surface area contributed by atoms with Crippen molar-refractivity contribution in [3.05, 3.63) is 32.7 Å². The van der Waals surface area contributed by atoms with Crippen molar-refractivity contribution in [1.29, 1.82) is 0 Å². The molecular weight excluding hydrogens is 262 g/mol. The lowest BCUT2D eigenvalue weighted by Gasteiger charge is -2.05. The van der Waals surface area contributed by atoms with Crippen molar-refractivity contribution < 1.29 is 9.53 Å². The van der Waals surface area contributed by atoms with Crippen LogP contribution in [0.3, 0.4) is 0 Å². The number of carbonyl (C=O) groups excluding carboxylic acids is 1. The molecule has 1 rings (SSSR count). The Morgan fingerprint density at radius 1 is 1.73 bits per heavy atom. The number of rotatable bonds is 2. The van der Waals surface area contributed by atoms with Crippen molar-refractivity contribution in [3.8, 4) is 12.3 Å². The van der Waals surface area contributed by atoms with Gasteiger partial charge in [0.1, 0.15) is 0 Å². The summed E-state index contributed by atoms with van der Waals surface area (Å²) in [4.78, 5) is 22.7. The molecule has 1 aromatic rings. The predicted molar refractivity (Wildman–Crippen MR) is 58.6 cm³/mol. The number of pyridine rings is 1. The molecule has 5 heteroatoms. The van der Waals surface area contributed by atoms with E-state index in [2.05, 4.69) is 26.6 Å². The van der Waals surface area contributed by atoms with Gasteiger partial charge in [0.15, 0.2) is 0 Å². The highest BCUT2D eigenvalue weighted by Gasteiger charge is 2.10. The van der Waals surface area contributed by atoms with Crippen LogP contribution in [0.15, 0.2) is 21.5 Å². The van der Waals surface area contributed by atoms with E-state index in [0.29, 0.717) is 0 Å². The van der Waals surface area contributed by atoms with Crippen LogP contribution in [0.5, 0.6) is 0 Å². The molecule has 1 aromatic heterocycles. The maximum atomic E-state index is 11.5. The summed E-state index contributed by atoms with van der Waals surface area (Å²) in [5.41, 5.74) is -0.000159. The predicted octanol–water partition coefficient (Wildman–Crippen LogP) is 1.03. The minimum Gasteiger partial charge on any atom is -0.465 e. The number of nitrogens with zero attached hydrogens (tertiary/aromatic N) is 1. The molecular formula is C10H8BrNO3. The van der Waals surface area contributed by atoms with E-state index in [0.717, 1.165) is 0 Å². The summed E-state index contributed by atoms with van der Waals surface area (Å²) in [6.07, 6.45) is 6.47. The molecule has 0 N–H and O–H groups in total. The minimum atomic E-state index is -0.513. The molecule has 0 fully saturated rings. The number of terminal acetylenes is 1. The Morgan fingerprint density at radius 3 is 2.93 bits per heavy atom. The molecule has 4 nitrogen and oxygen atoms in total.